The lowest BCUT2D eigenvalue weighted by Gasteiger charge is -2.03. The summed E-state index contributed by atoms with van der Waals surface area (Å²) in [6, 6.07) is 0. The predicted octanol–water partition coefficient (Wildman–Crippen LogP) is 0.0613. The summed E-state index contributed by atoms with van der Waals surface area (Å²) in [5, 5.41) is 8.21. The lowest BCUT2D eigenvalue weighted by atomic mass is 10.2. The first-order valence-electron chi connectivity index (χ1n) is 2.88. The van der Waals surface area contributed by atoms with Crippen molar-refractivity contribution in [3.63, 3.8) is 0 Å². The van der Waals surface area contributed by atoms with Crippen LogP contribution in [-0.2, 0) is 4.74 Å². The molecule has 0 heterocycles. The van der Waals surface area contributed by atoms with Crippen molar-refractivity contribution in [3.8, 4) is 0 Å². The van der Waals surface area contributed by atoms with Gasteiger partial charge in [-0.05, 0) is 12.1 Å². The second-order valence-corrected chi connectivity index (χ2v) is 1.86. The lowest BCUT2D eigenvalue weighted by Crippen LogP contribution is -2.04. The van der Waals surface area contributed by atoms with Crippen molar-refractivity contribution in [1.82, 2.24) is 0 Å². The van der Waals surface area contributed by atoms with Gasteiger partial charge in [-0.15, -0.1) is 0 Å². The van der Waals surface area contributed by atoms with Crippen LogP contribution < -0.4 is 5.73 Å². The van der Waals surface area contributed by atoms with Gasteiger partial charge in [0.2, 0.25) is 0 Å². The van der Waals surface area contributed by atoms with E-state index in [1.807, 2.05) is 13.0 Å². The summed E-state index contributed by atoms with van der Waals surface area (Å²) < 4.78 is 4.70. The molecule has 0 aromatic rings. The Hall–Kier alpha value is -0.540. The van der Waals surface area contributed by atoms with Crippen molar-refractivity contribution < 1.29 is 9.84 Å². The van der Waals surface area contributed by atoms with Crippen LogP contribution in [0.15, 0.2) is 12.3 Å². The third-order valence-corrected chi connectivity index (χ3v) is 0.912. The van der Waals surface area contributed by atoms with Gasteiger partial charge in [-0.25, -0.2) is 0 Å². The minimum atomic E-state index is -0.219. The average molecular weight is 131 g/mol. The van der Waals surface area contributed by atoms with Crippen molar-refractivity contribution in [1.29, 1.82) is 0 Å². The topological polar surface area (TPSA) is 55.5 Å². The smallest absolute Gasteiger partial charge is 0.143 e. The van der Waals surface area contributed by atoms with Crippen LogP contribution >= 0.6 is 0 Å². The zero-order valence-corrected chi connectivity index (χ0v) is 5.58. The Bertz CT molecular complexity index is 83.1. The fourth-order valence-corrected chi connectivity index (χ4v) is 0.484. The monoisotopic (exact) mass is 131 g/mol. The Morgan fingerprint density at radius 1 is 1.78 bits per heavy atom. The van der Waals surface area contributed by atoms with Gasteiger partial charge in [0.25, 0.3) is 0 Å². The van der Waals surface area contributed by atoms with Crippen molar-refractivity contribution in [3.05, 3.63) is 12.3 Å². The summed E-state index contributed by atoms with van der Waals surface area (Å²) in [6.45, 7) is 2.26. The van der Waals surface area contributed by atoms with Crippen LogP contribution in [0, 0.1) is 5.92 Å². The number of aliphatic hydroxyl groups excluding tert-OH is 1. The molecule has 0 spiro atoms. The highest BCUT2D eigenvalue weighted by molar-refractivity contribution is 4.81. The highest BCUT2D eigenvalue weighted by Crippen LogP contribution is 1.95. The molecule has 1 atom stereocenters. The van der Waals surface area contributed by atoms with Crippen LogP contribution in [0.3, 0.4) is 0 Å². The molecule has 0 aromatic heterocycles. The Balaban J connectivity index is 3.15. The van der Waals surface area contributed by atoms with E-state index in [1.54, 1.807) is 0 Å². The van der Waals surface area contributed by atoms with Crippen LogP contribution in [-0.4, -0.2) is 18.5 Å². The van der Waals surface area contributed by atoms with Gasteiger partial charge in [0, 0.05) is 0 Å². The van der Waals surface area contributed by atoms with E-state index in [2.05, 4.69) is 0 Å². The molecule has 0 aliphatic rings. The molecule has 54 valence electrons. The summed E-state index contributed by atoms with van der Waals surface area (Å²) in [5.41, 5.74) is 5.10. The molecule has 0 bridgehead atoms. The van der Waals surface area contributed by atoms with Crippen molar-refractivity contribution in [2.75, 3.05) is 13.4 Å². The molecule has 3 heteroatoms. The number of nitrogens with two attached hydrogens (primary N) is 1. The van der Waals surface area contributed by atoms with Gasteiger partial charge >= 0.3 is 0 Å². The van der Waals surface area contributed by atoms with Gasteiger partial charge in [0.05, 0.1) is 6.61 Å². The van der Waals surface area contributed by atoms with Gasteiger partial charge < -0.3 is 15.6 Å². The zero-order chi connectivity index (χ0) is 7.11. The zero-order valence-electron chi connectivity index (χ0n) is 5.58. The number of ether oxygens (including phenoxy) is 1. The van der Waals surface area contributed by atoms with E-state index < -0.39 is 0 Å². The Kier molecular flexibility index (Phi) is 5.26. The Morgan fingerprint density at radius 2 is 2.44 bits per heavy atom. The highest BCUT2D eigenvalue weighted by Gasteiger charge is 1.93. The molecule has 0 amide bonds. The van der Waals surface area contributed by atoms with E-state index in [9.17, 15) is 0 Å². The van der Waals surface area contributed by atoms with E-state index in [0.29, 0.717) is 6.61 Å². The largest absolute Gasteiger partial charge is 0.405 e. The number of rotatable bonds is 4. The summed E-state index contributed by atoms with van der Waals surface area (Å²) in [7, 11) is 0. The molecular formula is C6H13NO2. The molecule has 3 nitrogen and oxygen atoms in total. The first kappa shape index (κ1) is 8.46. The maximum atomic E-state index is 8.21. The number of aliphatic hydroxyl groups is 1. The first-order chi connectivity index (χ1) is 4.31. The third kappa shape index (κ3) is 5.33. The maximum absolute atomic E-state index is 8.21. The first-order valence-corrected chi connectivity index (χ1v) is 2.88. The quantitative estimate of drug-likeness (QED) is 0.530. The second kappa shape index (κ2) is 5.59. The lowest BCUT2D eigenvalue weighted by molar-refractivity contribution is -0.00965. The fraction of sp³-hybridized carbons (Fsp3) is 0.667. The Morgan fingerprint density at radius 3 is 2.89 bits per heavy atom. The molecule has 0 fully saturated rings. The van der Waals surface area contributed by atoms with Gasteiger partial charge in [-0.3, -0.25) is 0 Å². The van der Waals surface area contributed by atoms with E-state index in [-0.39, 0.29) is 12.7 Å². The summed E-state index contributed by atoms with van der Waals surface area (Å²) >= 11 is 0. The second-order valence-electron chi connectivity index (χ2n) is 1.86. The van der Waals surface area contributed by atoms with Crippen LogP contribution in [0.4, 0.5) is 0 Å². The predicted molar refractivity (Wildman–Crippen MR) is 35.5 cm³/mol. The molecule has 0 saturated heterocycles. The molecule has 0 aromatic carbocycles. The minimum absolute atomic E-state index is 0.219. The van der Waals surface area contributed by atoms with Gasteiger partial charge in [-0.1, -0.05) is 13.0 Å². The molecule has 3 N–H and O–H groups in total. The fourth-order valence-electron chi connectivity index (χ4n) is 0.484. The number of hydrogen-bond acceptors (Lipinski definition) is 3. The molecule has 0 radical (unpaired) electrons. The van der Waals surface area contributed by atoms with Gasteiger partial charge in [0.15, 0.2) is 0 Å². The molecule has 0 saturated carbocycles. The molecule has 0 aliphatic carbocycles. The van der Waals surface area contributed by atoms with Gasteiger partial charge in [-0.2, -0.15) is 0 Å². The van der Waals surface area contributed by atoms with E-state index in [1.165, 1.54) is 6.20 Å². The van der Waals surface area contributed by atoms with Crippen LogP contribution in [0.1, 0.15) is 6.92 Å². The molecular weight excluding hydrogens is 118 g/mol. The SMILES string of the molecule is CC(/C=C/N)COCO. The van der Waals surface area contributed by atoms with Crippen LogP contribution in [0.2, 0.25) is 0 Å². The van der Waals surface area contributed by atoms with Crippen molar-refractivity contribution in [2.24, 2.45) is 11.7 Å². The average Bonchev–Trinajstić information content (AvgIpc) is 1.85. The molecule has 0 aliphatic heterocycles. The minimum Gasteiger partial charge on any atom is -0.405 e. The van der Waals surface area contributed by atoms with E-state index >= 15 is 0 Å². The summed E-state index contributed by atoms with van der Waals surface area (Å²) in [4.78, 5) is 0. The highest BCUT2D eigenvalue weighted by atomic mass is 16.6. The summed E-state index contributed by atoms with van der Waals surface area (Å²) in [6.07, 6.45) is 3.29. The number of hydrogen-bond donors (Lipinski definition) is 2. The normalized spacial score (nSPS) is 14.4. The van der Waals surface area contributed by atoms with Crippen LogP contribution in [0.5, 0.6) is 0 Å². The molecule has 1 unspecified atom stereocenters. The van der Waals surface area contributed by atoms with Gasteiger partial charge in [0.1, 0.15) is 6.79 Å². The van der Waals surface area contributed by atoms with E-state index in [4.69, 9.17) is 15.6 Å². The summed E-state index contributed by atoms with van der Waals surface area (Å²) in [5.74, 6) is 0.280. The van der Waals surface area contributed by atoms with Crippen molar-refractivity contribution >= 4 is 0 Å². The standard InChI is InChI=1S/C6H13NO2/c1-6(2-3-7)4-9-5-8/h2-3,6,8H,4-5,7H2,1H3/b3-2+. The Labute approximate surface area is 55.1 Å². The molecule has 9 heavy (non-hydrogen) atoms. The molecule has 0 rings (SSSR count). The van der Waals surface area contributed by atoms with Crippen molar-refractivity contribution in [2.45, 2.75) is 6.92 Å². The van der Waals surface area contributed by atoms with E-state index in [0.717, 1.165) is 0 Å². The third-order valence-electron chi connectivity index (χ3n) is 0.912. The van der Waals surface area contributed by atoms with Crippen LogP contribution in [0.25, 0.3) is 0 Å². The maximum Gasteiger partial charge on any atom is 0.143 e.